The zero-order valence-corrected chi connectivity index (χ0v) is 21.4. The van der Waals surface area contributed by atoms with Gasteiger partial charge in [0.05, 0.1) is 18.1 Å². The number of hydrogen-bond donors (Lipinski definition) is 1. The Labute approximate surface area is 221 Å². The van der Waals surface area contributed by atoms with E-state index in [9.17, 15) is 40.7 Å². The quantitative estimate of drug-likeness (QED) is 0.154. The predicted molar refractivity (Wildman–Crippen MR) is 127 cm³/mol. The van der Waals surface area contributed by atoms with Gasteiger partial charge in [0.2, 0.25) is 0 Å². The summed E-state index contributed by atoms with van der Waals surface area (Å²) in [5.41, 5.74) is -0.420. The zero-order chi connectivity index (χ0) is 29.1. The number of nitrogens with one attached hydrogen (secondary N) is 1. The van der Waals surface area contributed by atoms with Crippen LogP contribution in [0, 0.1) is 5.92 Å². The van der Waals surface area contributed by atoms with Crippen molar-refractivity contribution in [1.29, 1.82) is 0 Å². The van der Waals surface area contributed by atoms with E-state index < -0.39 is 42.8 Å². The van der Waals surface area contributed by atoms with Crippen LogP contribution in [0.25, 0.3) is 0 Å². The highest BCUT2D eigenvalue weighted by Gasteiger charge is 2.34. The fourth-order valence-corrected chi connectivity index (χ4v) is 4.13. The van der Waals surface area contributed by atoms with Gasteiger partial charge in [-0.1, -0.05) is 0 Å². The molecule has 1 N–H and O–H groups in total. The van der Waals surface area contributed by atoms with Crippen molar-refractivity contribution in [2.75, 3.05) is 39.5 Å². The molecule has 0 bridgehead atoms. The van der Waals surface area contributed by atoms with Crippen molar-refractivity contribution in [3.8, 4) is 11.5 Å². The van der Waals surface area contributed by atoms with Gasteiger partial charge < -0.3 is 24.3 Å². The van der Waals surface area contributed by atoms with E-state index in [1.165, 1.54) is 0 Å². The van der Waals surface area contributed by atoms with E-state index in [1.807, 2.05) is 4.90 Å². The number of ether oxygens (including phenoxy) is 3. The average molecular weight is 571 g/mol. The summed E-state index contributed by atoms with van der Waals surface area (Å²) >= 11 is 0. The summed E-state index contributed by atoms with van der Waals surface area (Å²) in [7, 11) is 0. The lowest BCUT2D eigenvalue weighted by Crippen LogP contribution is -2.51. The van der Waals surface area contributed by atoms with Crippen molar-refractivity contribution in [3.63, 3.8) is 0 Å². The molecule has 0 radical (unpaired) electrons. The molecule has 0 aromatic heterocycles. The molecule has 2 rings (SSSR count). The van der Waals surface area contributed by atoms with Crippen LogP contribution >= 0.6 is 0 Å². The second-order valence-electron chi connectivity index (χ2n) is 9.01. The first-order valence-electron chi connectivity index (χ1n) is 12.5. The van der Waals surface area contributed by atoms with E-state index in [2.05, 4.69) is 10.1 Å². The Balaban J connectivity index is 2.14. The molecule has 0 spiro atoms. The third kappa shape index (κ3) is 11.7. The van der Waals surface area contributed by atoms with Crippen LogP contribution in [-0.4, -0.2) is 80.9 Å². The summed E-state index contributed by atoms with van der Waals surface area (Å²) in [6, 6.07) is 2.57. The second kappa shape index (κ2) is 14.9. The summed E-state index contributed by atoms with van der Waals surface area (Å²) in [6.07, 6.45) is -5.90. The molecule has 1 aliphatic heterocycles. The van der Waals surface area contributed by atoms with Gasteiger partial charge >= 0.3 is 18.3 Å². The van der Waals surface area contributed by atoms with E-state index in [0.717, 1.165) is 24.5 Å². The zero-order valence-electron chi connectivity index (χ0n) is 21.4. The van der Waals surface area contributed by atoms with Crippen molar-refractivity contribution < 1.29 is 54.9 Å². The first-order chi connectivity index (χ1) is 18.3. The Morgan fingerprint density at radius 1 is 1.05 bits per heavy atom. The van der Waals surface area contributed by atoms with Gasteiger partial charge in [0.1, 0.15) is 17.8 Å². The Kier molecular flexibility index (Phi) is 12.3. The molecule has 1 aromatic carbocycles. The lowest BCUT2D eigenvalue weighted by atomic mass is 9.92. The number of hydrogen-bond acceptors (Lipinski definition) is 7. The first-order valence-corrected chi connectivity index (χ1v) is 12.5. The van der Waals surface area contributed by atoms with Gasteiger partial charge in [-0.05, 0) is 57.4 Å². The highest BCUT2D eigenvalue weighted by Crippen LogP contribution is 2.28. The molecule has 0 aliphatic carbocycles. The number of alkyl halides is 6. The van der Waals surface area contributed by atoms with E-state index in [-0.39, 0.29) is 36.8 Å². The third-order valence-electron chi connectivity index (χ3n) is 5.94. The van der Waals surface area contributed by atoms with E-state index >= 15 is 0 Å². The van der Waals surface area contributed by atoms with Gasteiger partial charge in [-0.3, -0.25) is 14.5 Å². The number of rotatable bonds is 14. The van der Waals surface area contributed by atoms with Crippen molar-refractivity contribution in [2.24, 2.45) is 5.92 Å². The maximum absolute atomic E-state index is 13.0. The topological polar surface area (TPSA) is 94.2 Å². The molecule has 1 aromatic rings. The van der Waals surface area contributed by atoms with Gasteiger partial charge in [-0.2, -0.15) is 26.3 Å². The van der Waals surface area contributed by atoms with E-state index in [1.54, 1.807) is 6.92 Å². The highest BCUT2D eigenvalue weighted by atomic mass is 19.4. The van der Waals surface area contributed by atoms with Crippen LogP contribution in [0.3, 0.4) is 0 Å². The van der Waals surface area contributed by atoms with Crippen LogP contribution in [0.4, 0.5) is 26.3 Å². The van der Waals surface area contributed by atoms with Gasteiger partial charge in [0.15, 0.2) is 13.2 Å². The van der Waals surface area contributed by atoms with Crippen LogP contribution < -0.4 is 14.8 Å². The monoisotopic (exact) mass is 570 g/mol. The van der Waals surface area contributed by atoms with Crippen LogP contribution in [-0.2, 0) is 14.3 Å². The molecule has 2 atom stereocenters. The molecule has 0 saturated carbocycles. The number of esters is 1. The Hall–Kier alpha value is -3.03. The number of nitrogens with zero attached hydrogens (tertiary/aromatic N) is 1. The molecule has 1 fully saturated rings. The summed E-state index contributed by atoms with van der Waals surface area (Å²) in [5.74, 6) is -2.41. The number of likely N-dealkylation sites (tertiary alicyclic amines) is 1. The number of carbonyl (C=O) groups is 3. The minimum atomic E-state index is -4.71. The first kappa shape index (κ1) is 32.2. The van der Waals surface area contributed by atoms with Crippen molar-refractivity contribution in [1.82, 2.24) is 10.2 Å². The number of amides is 1. The van der Waals surface area contributed by atoms with Gasteiger partial charge in [0, 0.05) is 25.6 Å². The Morgan fingerprint density at radius 2 is 1.74 bits per heavy atom. The molecular weight excluding hydrogens is 538 g/mol. The standard InChI is InChI=1S/C25H32F6N2O6/c1-2-37-23(36)17-6-7-18(33(14-17)10-4-3-5-11-34)13-32-22(35)20-12-19(38-15-24(26,27)28)8-9-21(20)39-16-25(29,30)31/h8-9,11-12,17-18H,2-7,10,13-16H2,1H3,(H,32,35). The van der Waals surface area contributed by atoms with Crippen LogP contribution in [0.1, 0.15) is 49.4 Å². The maximum Gasteiger partial charge on any atom is 0.422 e. The van der Waals surface area contributed by atoms with Crippen molar-refractivity contribution in [3.05, 3.63) is 23.8 Å². The van der Waals surface area contributed by atoms with E-state index in [0.29, 0.717) is 45.2 Å². The largest absolute Gasteiger partial charge is 0.484 e. The summed E-state index contributed by atoms with van der Waals surface area (Å²) < 4.78 is 90.2. The fourth-order valence-electron chi connectivity index (χ4n) is 4.13. The molecule has 2 unspecified atom stereocenters. The maximum atomic E-state index is 13.0. The molecule has 1 aliphatic rings. The Morgan fingerprint density at radius 3 is 2.38 bits per heavy atom. The van der Waals surface area contributed by atoms with Gasteiger partial charge in [-0.15, -0.1) is 0 Å². The molecule has 1 amide bonds. The lowest BCUT2D eigenvalue weighted by molar-refractivity contribution is -0.154. The fraction of sp³-hybridized carbons (Fsp3) is 0.640. The summed E-state index contributed by atoms with van der Waals surface area (Å²) in [5, 5.41) is 2.61. The molecule has 1 heterocycles. The van der Waals surface area contributed by atoms with Crippen molar-refractivity contribution >= 4 is 18.2 Å². The van der Waals surface area contributed by atoms with Crippen LogP contribution in [0.15, 0.2) is 18.2 Å². The summed E-state index contributed by atoms with van der Waals surface area (Å²) in [6.45, 7) is -0.479. The number of aldehydes is 1. The minimum Gasteiger partial charge on any atom is -0.484 e. The summed E-state index contributed by atoms with van der Waals surface area (Å²) in [4.78, 5) is 37.8. The molecule has 14 heteroatoms. The average Bonchev–Trinajstić information content (AvgIpc) is 2.87. The van der Waals surface area contributed by atoms with Gasteiger partial charge in [-0.25, -0.2) is 0 Å². The molecular formula is C25H32F6N2O6. The number of carbonyl (C=O) groups excluding carboxylic acids is 3. The van der Waals surface area contributed by atoms with Crippen LogP contribution in [0.5, 0.6) is 11.5 Å². The SMILES string of the molecule is CCOC(=O)C1CCC(CNC(=O)c2cc(OCC(F)(F)F)ccc2OCC(F)(F)F)N(CCCCC=O)C1. The molecule has 220 valence electrons. The number of halogens is 6. The van der Waals surface area contributed by atoms with Crippen molar-refractivity contribution in [2.45, 2.75) is 57.4 Å². The number of benzene rings is 1. The molecule has 1 saturated heterocycles. The minimum absolute atomic E-state index is 0.0500. The highest BCUT2D eigenvalue weighted by molar-refractivity contribution is 5.97. The lowest BCUT2D eigenvalue weighted by Gasteiger charge is -2.39. The molecule has 39 heavy (non-hydrogen) atoms. The van der Waals surface area contributed by atoms with E-state index in [4.69, 9.17) is 9.47 Å². The normalized spacial score (nSPS) is 18.3. The second-order valence-corrected chi connectivity index (χ2v) is 9.01. The number of unbranched alkanes of at least 4 members (excludes halogenated alkanes) is 2. The number of piperidine rings is 1. The smallest absolute Gasteiger partial charge is 0.422 e. The van der Waals surface area contributed by atoms with Gasteiger partial charge in [0.25, 0.3) is 5.91 Å². The molecule has 8 nitrogen and oxygen atoms in total. The third-order valence-corrected chi connectivity index (χ3v) is 5.94. The predicted octanol–water partition coefficient (Wildman–Crippen LogP) is 4.31. The Bertz CT molecular complexity index is 956. The van der Waals surface area contributed by atoms with Crippen LogP contribution in [0.2, 0.25) is 0 Å².